The Kier molecular flexibility index (Phi) is 1.39. The van der Waals surface area contributed by atoms with Crippen LogP contribution in [0, 0.1) is 0 Å². The van der Waals surface area contributed by atoms with Gasteiger partial charge in [-0.3, -0.25) is 0 Å². The van der Waals surface area contributed by atoms with Gasteiger partial charge < -0.3 is 9.50 Å². The van der Waals surface area contributed by atoms with Crippen molar-refractivity contribution in [1.29, 1.82) is 0 Å². The molecule has 0 unspecified atom stereocenters. The molecule has 0 aromatic carbocycles. The lowest BCUT2D eigenvalue weighted by Gasteiger charge is -1.97. The third kappa shape index (κ3) is 0.926. The minimum atomic E-state index is -0.398. The largest absolute Gasteiger partial charge is 0.432 e. The molecule has 0 bridgehead atoms. The van der Waals surface area contributed by atoms with Crippen LogP contribution < -0.4 is 0 Å². The minimum absolute atomic E-state index is 0.398. The number of hydrogen-bond acceptors (Lipinski definition) is 1. The van der Waals surface area contributed by atoms with Crippen molar-refractivity contribution in [2.45, 2.75) is 6.82 Å². The normalized spacial score (nSPS) is 9.25. The smallest absolute Gasteiger partial charge is 0.413 e. The summed E-state index contributed by atoms with van der Waals surface area (Å²) in [7, 11) is -0.398. The van der Waals surface area contributed by atoms with Gasteiger partial charge in [0.05, 0.1) is 0 Å². The van der Waals surface area contributed by atoms with E-state index in [0.717, 1.165) is 0 Å². The van der Waals surface area contributed by atoms with E-state index in [1.807, 2.05) is 24.5 Å². The van der Waals surface area contributed by atoms with Crippen molar-refractivity contribution in [3.63, 3.8) is 0 Å². The van der Waals surface area contributed by atoms with Crippen LogP contribution in [-0.4, -0.2) is 16.6 Å². The molecule has 0 radical (unpaired) electrons. The highest BCUT2D eigenvalue weighted by Crippen LogP contribution is 1.88. The van der Waals surface area contributed by atoms with Gasteiger partial charge >= 0.3 is 7.05 Å². The molecule has 0 aliphatic carbocycles. The second-order valence-corrected chi connectivity index (χ2v) is 1.76. The van der Waals surface area contributed by atoms with Crippen LogP contribution in [0.25, 0.3) is 0 Å². The predicted octanol–water partition coefficient (Wildman–Crippen LogP) is 0.446. The maximum absolute atomic E-state index is 8.88. The van der Waals surface area contributed by atoms with Gasteiger partial charge in [-0.25, -0.2) is 0 Å². The average molecular weight is 109 g/mol. The van der Waals surface area contributed by atoms with E-state index in [4.69, 9.17) is 5.02 Å². The fourth-order valence-electron chi connectivity index (χ4n) is 0.597. The molecular weight excluding hydrogens is 101 g/mol. The lowest BCUT2D eigenvalue weighted by molar-refractivity contribution is 0.563. The Hall–Kier alpha value is -0.695. The number of aromatic nitrogens is 1. The number of nitrogens with zero attached hydrogens (tertiary/aromatic N) is 1. The van der Waals surface area contributed by atoms with Gasteiger partial charge in [-0.2, -0.15) is 0 Å². The first-order valence-corrected chi connectivity index (χ1v) is 2.61. The summed E-state index contributed by atoms with van der Waals surface area (Å²) in [5, 5.41) is 8.88. The molecule has 0 fully saturated rings. The van der Waals surface area contributed by atoms with Crippen LogP contribution in [0.4, 0.5) is 0 Å². The third-order valence-electron chi connectivity index (χ3n) is 1.06. The Labute approximate surface area is 48.9 Å². The molecule has 1 heterocycles. The van der Waals surface area contributed by atoms with Crippen LogP contribution in [0.1, 0.15) is 0 Å². The summed E-state index contributed by atoms with van der Waals surface area (Å²) in [4.78, 5) is 0. The van der Waals surface area contributed by atoms with E-state index < -0.39 is 7.05 Å². The Morgan fingerprint density at radius 1 is 1.38 bits per heavy atom. The standard InChI is InChI=1S/C5H8BNO/c1-6(8)7-4-2-3-5-7/h2-5,8H,1H3. The first-order valence-electron chi connectivity index (χ1n) is 2.61. The Balaban J connectivity index is 2.77. The fraction of sp³-hybridized carbons (Fsp3) is 0.200. The van der Waals surface area contributed by atoms with Gasteiger partial charge in [0.25, 0.3) is 0 Å². The molecule has 2 nitrogen and oxygen atoms in total. The van der Waals surface area contributed by atoms with Gasteiger partial charge in [-0.15, -0.1) is 0 Å². The minimum Gasteiger partial charge on any atom is -0.432 e. The Morgan fingerprint density at radius 3 is 2.12 bits per heavy atom. The first kappa shape index (κ1) is 5.44. The lowest BCUT2D eigenvalue weighted by Crippen LogP contribution is -2.16. The summed E-state index contributed by atoms with van der Waals surface area (Å²) in [6.45, 7) is 1.72. The highest BCUT2D eigenvalue weighted by molar-refractivity contribution is 6.46. The second-order valence-electron chi connectivity index (χ2n) is 1.76. The monoisotopic (exact) mass is 109 g/mol. The quantitative estimate of drug-likeness (QED) is 0.520. The molecule has 3 heteroatoms. The van der Waals surface area contributed by atoms with Crippen LogP contribution in [0.2, 0.25) is 6.82 Å². The van der Waals surface area contributed by atoms with Gasteiger partial charge in [0.15, 0.2) is 0 Å². The van der Waals surface area contributed by atoms with Gasteiger partial charge in [0.2, 0.25) is 0 Å². The topological polar surface area (TPSA) is 25.2 Å². The van der Waals surface area contributed by atoms with Crippen LogP contribution in [0.15, 0.2) is 24.5 Å². The molecule has 0 saturated heterocycles. The zero-order chi connectivity index (χ0) is 5.98. The van der Waals surface area contributed by atoms with Crippen molar-refractivity contribution in [1.82, 2.24) is 4.48 Å². The third-order valence-corrected chi connectivity index (χ3v) is 1.06. The predicted molar refractivity (Wildman–Crippen MR) is 33.7 cm³/mol. The van der Waals surface area contributed by atoms with Crippen LogP contribution in [0.3, 0.4) is 0 Å². The molecule has 0 atom stereocenters. The molecule has 0 aliphatic rings. The van der Waals surface area contributed by atoms with Crippen molar-refractivity contribution in [3.8, 4) is 0 Å². The molecule has 0 saturated carbocycles. The highest BCUT2D eigenvalue weighted by Gasteiger charge is 2.00. The molecule has 0 spiro atoms. The van der Waals surface area contributed by atoms with Crippen molar-refractivity contribution in [2.24, 2.45) is 0 Å². The summed E-state index contributed by atoms with van der Waals surface area (Å²) in [6.07, 6.45) is 3.65. The molecule has 1 aromatic rings. The summed E-state index contributed by atoms with van der Waals surface area (Å²) in [5.74, 6) is 0. The van der Waals surface area contributed by atoms with E-state index in [1.54, 1.807) is 11.3 Å². The molecule has 1 N–H and O–H groups in total. The molecule has 1 aromatic heterocycles. The van der Waals surface area contributed by atoms with Crippen LogP contribution in [-0.2, 0) is 0 Å². The highest BCUT2D eigenvalue weighted by atomic mass is 16.2. The van der Waals surface area contributed by atoms with Crippen LogP contribution in [0.5, 0.6) is 0 Å². The fourth-order valence-corrected chi connectivity index (χ4v) is 0.597. The second kappa shape index (κ2) is 2.05. The van der Waals surface area contributed by atoms with Gasteiger partial charge in [0.1, 0.15) is 0 Å². The molecule has 1 rings (SSSR count). The van der Waals surface area contributed by atoms with Crippen molar-refractivity contribution < 1.29 is 5.02 Å². The van der Waals surface area contributed by atoms with E-state index in [0.29, 0.717) is 0 Å². The Morgan fingerprint density at radius 2 is 1.88 bits per heavy atom. The van der Waals surface area contributed by atoms with E-state index in [9.17, 15) is 0 Å². The van der Waals surface area contributed by atoms with Crippen LogP contribution >= 0.6 is 0 Å². The summed E-state index contributed by atoms with van der Waals surface area (Å²) in [5.41, 5.74) is 0. The van der Waals surface area contributed by atoms with E-state index in [-0.39, 0.29) is 0 Å². The zero-order valence-corrected chi connectivity index (χ0v) is 4.78. The average Bonchev–Trinajstić information content (AvgIpc) is 2.12. The number of rotatable bonds is 1. The van der Waals surface area contributed by atoms with Crippen molar-refractivity contribution in [3.05, 3.63) is 24.5 Å². The molecule has 8 heavy (non-hydrogen) atoms. The maximum atomic E-state index is 8.88. The van der Waals surface area contributed by atoms with Crippen molar-refractivity contribution >= 4 is 7.05 Å². The molecule has 42 valence electrons. The van der Waals surface area contributed by atoms with Crippen molar-refractivity contribution in [2.75, 3.05) is 0 Å². The zero-order valence-electron chi connectivity index (χ0n) is 4.78. The lowest BCUT2D eigenvalue weighted by atomic mass is 9.89. The molecule has 0 amide bonds. The summed E-state index contributed by atoms with van der Waals surface area (Å²) < 4.78 is 1.72. The van der Waals surface area contributed by atoms with E-state index >= 15 is 0 Å². The van der Waals surface area contributed by atoms with E-state index in [1.165, 1.54) is 0 Å². The SMILES string of the molecule is CB(O)n1cccc1. The number of hydrogen-bond donors (Lipinski definition) is 1. The summed E-state index contributed by atoms with van der Waals surface area (Å²) in [6, 6.07) is 3.76. The summed E-state index contributed by atoms with van der Waals surface area (Å²) >= 11 is 0. The van der Waals surface area contributed by atoms with Gasteiger partial charge in [0, 0.05) is 0 Å². The Bertz CT molecular complexity index is 147. The maximum Gasteiger partial charge on any atom is 0.413 e. The molecule has 0 aliphatic heterocycles. The first-order chi connectivity index (χ1) is 3.80. The molecular formula is C5H8BNO. The van der Waals surface area contributed by atoms with Gasteiger partial charge in [-0.05, 0) is 31.3 Å². The van der Waals surface area contributed by atoms with Gasteiger partial charge in [-0.1, -0.05) is 0 Å². The van der Waals surface area contributed by atoms with E-state index in [2.05, 4.69) is 0 Å².